The molecule has 3 N–H and O–H groups in total. The molecule has 3 aromatic rings. The molecule has 120 valence electrons. The number of benzene rings is 2. The van der Waals surface area contributed by atoms with Crippen LogP contribution in [0.3, 0.4) is 0 Å². The highest BCUT2D eigenvalue weighted by atomic mass is 35.5. The predicted molar refractivity (Wildman–Crippen MR) is 87.1 cm³/mol. The van der Waals surface area contributed by atoms with Crippen LogP contribution < -0.4 is 11.1 Å². The second kappa shape index (κ2) is 6.47. The molecule has 1 heterocycles. The summed E-state index contributed by atoms with van der Waals surface area (Å²) in [5.74, 6) is -1.03. The number of nitrogens with one attached hydrogen (secondary N) is 1. The van der Waals surface area contributed by atoms with Crippen LogP contribution in [0.15, 0.2) is 48.8 Å². The van der Waals surface area contributed by atoms with Gasteiger partial charge in [0.05, 0.1) is 16.3 Å². The topological polar surface area (TPSA) is 116 Å². The van der Waals surface area contributed by atoms with Gasteiger partial charge in [-0.2, -0.15) is 0 Å². The summed E-state index contributed by atoms with van der Waals surface area (Å²) in [6.45, 7) is 0. The van der Waals surface area contributed by atoms with Gasteiger partial charge in [-0.1, -0.05) is 17.7 Å². The molecule has 0 aliphatic heterocycles. The van der Waals surface area contributed by atoms with Gasteiger partial charge in [-0.3, -0.25) is 9.59 Å². The van der Waals surface area contributed by atoms with Gasteiger partial charge in [-0.05, 0) is 46.8 Å². The minimum atomic E-state index is -0.670. The van der Waals surface area contributed by atoms with Crippen molar-refractivity contribution in [3.63, 3.8) is 0 Å². The molecule has 0 aliphatic rings. The van der Waals surface area contributed by atoms with Crippen molar-refractivity contribution in [1.82, 2.24) is 20.2 Å². The third-order valence-corrected chi connectivity index (χ3v) is 3.54. The van der Waals surface area contributed by atoms with Gasteiger partial charge in [0.25, 0.3) is 5.91 Å². The van der Waals surface area contributed by atoms with E-state index in [0.717, 1.165) is 0 Å². The summed E-state index contributed by atoms with van der Waals surface area (Å²) in [6.07, 6.45) is 1.43. The molecule has 1 aromatic heterocycles. The molecule has 3 rings (SSSR count). The molecule has 0 spiro atoms. The van der Waals surface area contributed by atoms with Crippen molar-refractivity contribution < 1.29 is 9.59 Å². The quantitative estimate of drug-likeness (QED) is 0.748. The second-order valence-corrected chi connectivity index (χ2v) is 5.22. The fraction of sp³-hybridized carbons (Fsp3) is 0. The van der Waals surface area contributed by atoms with Gasteiger partial charge in [0.1, 0.15) is 6.33 Å². The summed E-state index contributed by atoms with van der Waals surface area (Å²) in [4.78, 5) is 23.7. The van der Waals surface area contributed by atoms with E-state index in [4.69, 9.17) is 17.3 Å². The average molecular weight is 343 g/mol. The molecular formula is C15H11ClN6O2. The first kappa shape index (κ1) is 15.6. The highest BCUT2D eigenvalue weighted by Gasteiger charge is 2.11. The van der Waals surface area contributed by atoms with Gasteiger partial charge in [0.2, 0.25) is 5.91 Å². The van der Waals surface area contributed by atoms with Crippen molar-refractivity contribution in [3.8, 4) is 5.69 Å². The molecule has 0 aliphatic carbocycles. The Morgan fingerprint density at radius 2 is 2.00 bits per heavy atom. The molecule has 0 saturated heterocycles. The van der Waals surface area contributed by atoms with E-state index in [1.165, 1.54) is 23.1 Å². The third-order valence-electron chi connectivity index (χ3n) is 3.21. The Kier molecular flexibility index (Phi) is 4.21. The molecule has 0 atom stereocenters. The number of halogens is 1. The Bertz CT molecular complexity index is 910. The van der Waals surface area contributed by atoms with Crippen LogP contribution in [0.25, 0.3) is 5.69 Å². The van der Waals surface area contributed by atoms with Gasteiger partial charge in [-0.25, -0.2) is 4.68 Å². The summed E-state index contributed by atoms with van der Waals surface area (Å²) < 4.78 is 1.43. The van der Waals surface area contributed by atoms with Crippen molar-refractivity contribution in [2.45, 2.75) is 0 Å². The zero-order valence-corrected chi connectivity index (χ0v) is 12.9. The highest BCUT2D eigenvalue weighted by molar-refractivity contribution is 6.34. The van der Waals surface area contributed by atoms with Crippen molar-refractivity contribution in [2.24, 2.45) is 5.73 Å². The van der Waals surface area contributed by atoms with E-state index in [1.54, 1.807) is 30.3 Å². The van der Waals surface area contributed by atoms with E-state index < -0.39 is 5.91 Å². The summed E-state index contributed by atoms with van der Waals surface area (Å²) in [5, 5.41) is 13.8. The van der Waals surface area contributed by atoms with Gasteiger partial charge < -0.3 is 11.1 Å². The van der Waals surface area contributed by atoms with Crippen molar-refractivity contribution in [3.05, 3.63) is 64.9 Å². The number of nitrogens with two attached hydrogens (primary N) is 1. The van der Waals surface area contributed by atoms with E-state index in [9.17, 15) is 9.59 Å². The smallest absolute Gasteiger partial charge is 0.255 e. The SMILES string of the molecule is NC(=O)c1cc(NC(=O)c2cccc(-n3cnnn3)c2)ccc1Cl. The molecule has 0 radical (unpaired) electrons. The zero-order valence-electron chi connectivity index (χ0n) is 12.2. The van der Waals surface area contributed by atoms with Gasteiger partial charge in [0, 0.05) is 11.3 Å². The molecule has 0 bridgehead atoms. The molecule has 8 nitrogen and oxygen atoms in total. The van der Waals surface area contributed by atoms with Crippen molar-refractivity contribution >= 4 is 29.1 Å². The van der Waals surface area contributed by atoms with E-state index in [0.29, 0.717) is 16.9 Å². The number of anilines is 1. The number of hydrogen-bond acceptors (Lipinski definition) is 5. The van der Waals surface area contributed by atoms with Crippen molar-refractivity contribution in [2.75, 3.05) is 5.32 Å². The van der Waals surface area contributed by atoms with E-state index in [1.807, 2.05) is 0 Å². The largest absolute Gasteiger partial charge is 0.366 e. The van der Waals surface area contributed by atoms with E-state index >= 15 is 0 Å². The van der Waals surface area contributed by atoms with Crippen LogP contribution in [0.2, 0.25) is 5.02 Å². The maximum atomic E-state index is 12.4. The maximum absolute atomic E-state index is 12.4. The first-order chi connectivity index (χ1) is 11.5. The summed E-state index contributed by atoms with van der Waals surface area (Å²) in [7, 11) is 0. The standard InChI is InChI=1S/C15H11ClN6O2/c16-13-5-4-10(7-12(13)14(17)23)19-15(24)9-2-1-3-11(6-9)22-8-18-20-21-22/h1-8H,(H2,17,23)(H,19,24). The van der Waals surface area contributed by atoms with Crippen LogP contribution in [0.5, 0.6) is 0 Å². The maximum Gasteiger partial charge on any atom is 0.255 e. The Morgan fingerprint density at radius 3 is 2.71 bits per heavy atom. The third kappa shape index (κ3) is 3.23. The number of primary amides is 1. The summed E-state index contributed by atoms with van der Waals surface area (Å²) in [5.41, 5.74) is 6.83. The Balaban J connectivity index is 1.84. The second-order valence-electron chi connectivity index (χ2n) is 4.82. The minimum absolute atomic E-state index is 0.136. The molecular weight excluding hydrogens is 332 g/mol. The number of tetrazole rings is 1. The predicted octanol–water partition coefficient (Wildman–Crippen LogP) is 1.67. The molecule has 0 unspecified atom stereocenters. The van der Waals surface area contributed by atoms with Crippen LogP contribution in [-0.4, -0.2) is 32.0 Å². The summed E-state index contributed by atoms with van der Waals surface area (Å²) >= 11 is 5.89. The lowest BCUT2D eigenvalue weighted by Gasteiger charge is -2.08. The fourth-order valence-electron chi connectivity index (χ4n) is 2.06. The first-order valence-corrected chi connectivity index (χ1v) is 7.16. The van der Waals surface area contributed by atoms with Gasteiger partial charge >= 0.3 is 0 Å². The Hall–Kier alpha value is -3.26. The molecule has 2 aromatic carbocycles. The van der Waals surface area contributed by atoms with Crippen LogP contribution >= 0.6 is 11.6 Å². The number of rotatable bonds is 4. The molecule has 2 amide bonds. The fourth-order valence-corrected chi connectivity index (χ4v) is 2.28. The highest BCUT2D eigenvalue weighted by Crippen LogP contribution is 2.21. The lowest BCUT2D eigenvalue weighted by atomic mass is 10.1. The molecule has 24 heavy (non-hydrogen) atoms. The minimum Gasteiger partial charge on any atom is -0.366 e. The number of aromatic nitrogens is 4. The molecule has 0 saturated carbocycles. The molecule has 0 fully saturated rings. The van der Waals surface area contributed by atoms with Gasteiger partial charge in [0.15, 0.2) is 0 Å². The van der Waals surface area contributed by atoms with Gasteiger partial charge in [-0.15, -0.1) is 5.10 Å². The van der Waals surface area contributed by atoms with Crippen LogP contribution in [0, 0.1) is 0 Å². The number of carbonyl (C=O) groups excluding carboxylic acids is 2. The Labute approximate surface area is 141 Å². The number of nitrogens with zero attached hydrogens (tertiary/aromatic N) is 4. The number of hydrogen-bond donors (Lipinski definition) is 2. The average Bonchev–Trinajstić information content (AvgIpc) is 3.11. The number of amides is 2. The normalized spacial score (nSPS) is 10.4. The van der Waals surface area contributed by atoms with E-state index in [-0.39, 0.29) is 16.5 Å². The van der Waals surface area contributed by atoms with Crippen molar-refractivity contribution in [1.29, 1.82) is 0 Å². The lowest BCUT2D eigenvalue weighted by Crippen LogP contribution is -2.15. The van der Waals surface area contributed by atoms with Crippen LogP contribution in [0.1, 0.15) is 20.7 Å². The van der Waals surface area contributed by atoms with Crippen LogP contribution in [-0.2, 0) is 0 Å². The number of carbonyl (C=O) groups is 2. The monoisotopic (exact) mass is 342 g/mol. The zero-order chi connectivity index (χ0) is 17.1. The lowest BCUT2D eigenvalue weighted by molar-refractivity contribution is 0.0996. The Morgan fingerprint density at radius 1 is 1.17 bits per heavy atom. The van der Waals surface area contributed by atoms with Crippen LogP contribution in [0.4, 0.5) is 5.69 Å². The summed E-state index contributed by atoms with van der Waals surface area (Å²) in [6, 6.07) is 11.3. The molecule has 9 heteroatoms. The first-order valence-electron chi connectivity index (χ1n) is 6.79. The van der Waals surface area contributed by atoms with E-state index in [2.05, 4.69) is 20.8 Å².